The fourth-order valence-corrected chi connectivity index (χ4v) is 3.38. The second-order valence-corrected chi connectivity index (χ2v) is 7.18. The van der Waals surface area contributed by atoms with Crippen LogP contribution < -0.4 is 10.6 Å². The fourth-order valence-electron chi connectivity index (χ4n) is 3.38. The van der Waals surface area contributed by atoms with Gasteiger partial charge in [0.2, 0.25) is 0 Å². The van der Waals surface area contributed by atoms with Gasteiger partial charge in [0.15, 0.2) is 0 Å². The third-order valence-corrected chi connectivity index (χ3v) is 4.86. The van der Waals surface area contributed by atoms with E-state index in [0.717, 1.165) is 17.8 Å². The van der Waals surface area contributed by atoms with Crippen molar-refractivity contribution in [3.05, 3.63) is 65.2 Å². The molecule has 2 amide bonds. The lowest BCUT2D eigenvalue weighted by Crippen LogP contribution is -2.28. The number of benzene rings is 2. The zero-order valence-electron chi connectivity index (χ0n) is 15.6. The van der Waals surface area contributed by atoms with E-state index in [0.29, 0.717) is 6.54 Å². The minimum atomic E-state index is -0.174. The summed E-state index contributed by atoms with van der Waals surface area (Å²) in [6, 6.07) is 16.2. The molecule has 138 valence electrons. The predicted molar refractivity (Wildman–Crippen MR) is 107 cm³/mol. The Labute approximate surface area is 156 Å². The summed E-state index contributed by atoms with van der Waals surface area (Å²) in [7, 11) is 0. The lowest BCUT2D eigenvalue weighted by Gasteiger charge is -2.20. The van der Waals surface area contributed by atoms with Gasteiger partial charge in [0.05, 0.1) is 0 Å². The highest BCUT2D eigenvalue weighted by Crippen LogP contribution is 2.14. The zero-order valence-corrected chi connectivity index (χ0v) is 15.6. The van der Waals surface area contributed by atoms with Gasteiger partial charge in [0.1, 0.15) is 0 Å². The van der Waals surface area contributed by atoms with Gasteiger partial charge in [-0.15, -0.1) is 0 Å². The molecule has 0 unspecified atom stereocenters. The number of rotatable bonds is 5. The first kappa shape index (κ1) is 18.5. The number of hydrogen-bond donors (Lipinski definition) is 2. The smallest absolute Gasteiger partial charge is 0.319 e. The molecule has 1 aliphatic rings. The number of nitrogens with one attached hydrogen (secondary N) is 2. The monoisotopic (exact) mass is 351 g/mol. The van der Waals surface area contributed by atoms with Crippen LogP contribution in [0.5, 0.6) is 0 Å². The number of hydrogen-bond acceptors (Lipinski definition) is 2. The van der Waals surface area contributed by atoms with E-state index in [1.54, 1.807) is 0 Å². The van der Waals surface area contributed by atoms with Gasteiger partial charge in [-0.2, -0.15) is 0 Å². The predicted octanol–water partition coefficient (Wildman–Crippen LogP) is 4.69. The second kappa shape index (κ2) is 9.39. The summed E-state index contributed by atoms with van der Waals surface area (Å²) < 4.78 is 0. The van der Waals surface area contributed by atoms with E-state index in [2.05, 4.69) is 39.8 Å². The van der Waals surface area contributed by atoms with Gasteiger partial charge in [-0.3, -0.25) is 4.90 Å². The normalized spacial score (nSPS) is 15.3. The average Bonchev–Trinajstić information content (AvgIpc) is 2.91. The molecule has 0 aromatic heterocycles. The summed E-state index contributed by atoms with van der Waals surface area (Å²) in [6.45, 7) is 5.96. The van der Waals surface area contributed by atoms with E-state index in [4.69, 9.17) is 0 Å². The minimum Gasteiger partial charge on any atom is -0.334 e. The Balaban J connectivity index is 1.49. The Morgan fingerprint density at radius 3 is 2.38 bits per heavy atom. The quantitative estimate of drug-likeness (QED) is 0.820. The Morgan fingerprint density at radius 1 is 0.962 bits per heavy atom. The van der Waals surface area contributed by atoms with Crippen molar-refractivity contribution in [3.63, 3.8) is 0 Å². The van der Waals surface area contributed by atoms with Crippen molar-refractivity contribution in [2.24, 2.45) is 0 Å². The van der Waals surface area contributed by atoms with Crippen molar-refractivity contribution in [1.29, 1.82) is 0 Å². The first-order chi connectivity index (χ1) is 12.7. The topological polar surface area (TPSA) is 44.4 Å². The van der Waals surface area contributed by atoms with Crippen molar-refractivity contribution >= 4 is 11.7 Å². The molecule has 0 bridgehead atoms. The number of carbonyl (C=O) groups is 1. The molecule has 0 aliphatic carbocycles. The molecule has 0 spiro atoms. The van der Waals surface area contributed by atoms with Gasteiger partial charge in [-0.05, 0) is 56.1 Å². The second-order valence-electron chi connectivity index (χ2n) is 7.18. The van der Waals surface area contributed by atoms with Crippen molar-refractivity contribution in [1.82, 2.24) is 10.2 Å². The van der Waals surface area contributed by atoms with Crippen LogP contribution in [-0.4, -0.2) is 24.0 Å². The standard InChI is InChI=1S/C22H29N3O/c1-18-9-11-21(12-10-18)24-22(26)23-16-19-7-6-8-20(15-19)17-25-13-4-2-3-5-14-25/h6-12,15H,2-5,13-14,16-17H2,1H3,(H2,23,24,26). The number of aryl methyl sites for hydroxylation is 1. The van der Waals surface area contributed by atoms with Crippen LogP contribution in [0.3, 0.4) is 0 Å². The molecule has 3 rings (SSSR count). The summed E-state index contributed by atoms with van der Waals surface area (Å²) in [5.41, 5.74) is 4.45. The summed E-state index contributed by atoms with van der Waals surface area (Å²) in [4.78, 5) is 14.6. The maximum atomic E-state index is 12.1. The third-order valence-electron chi connectivity index (χ3n) is 4.86. The Morgan fingerprint density at radius 2 is 1.65 bits per heavy atom. The number of amides is 2. The maximum absolute atomic E-state index is 12.1. The van der Waals surface area contributed by atoms with Gasteiger partial charge in [-0.1, -0.05) is 54.8 Å². The van der Waals surface area contributed by atoms with Gasteiger partial charge in [0.25, 0.3) is 0 Å². The Kier molecular flexibility index (Phi) is 6.67. The molecular weight excluding hydrogens is 322 g/mol. The molecule has 2 aromatic carbocycles. The lowest BCUT2D eigenvalue weighted by atomic mass is 10.1. The van der Waals surface area contributed by atoms with E-state index in [-0.39, 0.29) is 6.03 Å². The van der Waals surface area contributed by atoms with Crippen LogP contribution in [0.15, 0.2) is 48.5 Å². The van der Waals surface area contributed by atoms with Crippen LogP contribution >= 0.6 is 0 Å². The van der Waals surface area contributed by atoms with Crippen LogP contribution in [0.25, 0.3) is 0 Å². The molecule has 4 heteroatoms. The number of anilines is 1. The first-order valence-corrected chi connectivity index (χ1v) is 9.61. The van der Waals surface area contributed by atoms with Gasteiger partial charge >= 0.3 is 6.03 Å². The number of carbonyl (C=O) groups excluding carboxylic acids is 1. The van der Waals surface area contributed by atoms with Gasteiger partial charge in [0, 0.05) is 18.8 Å². The molecule has 26 heavy (non-hydrogen) atoms. The molecule has 1 fully saturated rings. The van der Waals surface area contributed by atoms with Crippen LogP contribution in [0.1, 0.15) is 42.4 Å². The highest BCUT2D eigenvalue weighted by atomic mass is 16.2. The Hall–Kier alpha value is -2.33. The highest BCUT2D eigenvalue weighted by Gasteiger charge is 2.10. The van der Waals surface area contributed by atoms with Gasteiger partial charge in [-0.25, -0.2) is 4.79 Å². The third kappa shape index (κ3) is 5.88. The molecule has 0 radical (unpaired) electrons. The van der Waals surface area contributed by atoms with Gasteiger partial charge < -0.3 is 10.6 Å². The van der Waals surface area contributed by atoms with E-state index >= 15 is 0 Å². The van der Waals surface area contributed by atoms with Crippen molar-refractivity contribution in [2.45, 2.75) is 45.7 Å². The molecule has 0 atom stereocenters. The number of likely N-dealkylation sites (tertiary alicyclic amines) is 1. The molecule has 2 N–H and O–H groups in total. The van der Waals surface area contributed by atoms with Crippen LogP contribution in [0, 0.1) is 6.92 Å². The lowest BCUT2D eigenvalue weighted by molar-refractivity contribution is 0.251. The molecule has 4 nitrogen and oxygen atoms in total. The summed E-state index contributed by atoms with van der Waals surface area (Å²) >= 11 is 0. The summed E-state index contributed by atoms with van der Waals surface area (Å²) in [5, 5.41) is 5.81. The van der Waals surface area contributed by atoms with Crippen LogP contribution in [0.4, 0.5) is 10.5 Å². The van der Waals surface area contributed by atoms with Crippen molar-refractivity contribution in [2.75, 3.05) is 18.4 Å². The van der Waals surface area contributed by atoms with E-state index in [1.807, 2.05) is 31.2 Å². The summed E-state index contributed by atoms with van der Waals surface area (Å²) in [5.74, 6) is 0. The molecular formula is C22H29N3O. The van der Waals surface area contributed by atoms with Crippen molar-refractivity contribution < 1.29 is 4.79 Å². The number of nitrogens with zero attached hydrogens (tertiary/aromatic N) is 1. The molecule has 1 heterocycles. The first-order valence-electron chi connectivity index (χ1n) is 9.61. The SMILES string of the molecule is Cc1ccc(NC(=O)NCc2cccc(CN3CCCCCC3)c2)cc1. The molecule has 2 aromatic rings. The highest BCUT2D eigenvalue weighted by molar-refractivity contribution is 5.89. The van der Waals surface area contributed by atoms with Crippen LogP contribution in [-0.2, 0) is 13.1 Å². The number of urea groups is 1. The maximum Gasteiger partial charge on any atom is 0.319 e. The van der Waals surface area contributed by atoms with E-state index in [1.165, 1.54) is 49.9 Å². The largest absolute Gasteiger partial charge is 0.334 e. The zero-order chi connectivity index (χ0) is 18.2. The molecule has 1 saturated heterocycles. The Bertz CT molecular complexity index is 704. The van der Waals surface area contributed by atoms with Crippen LogP contribution in [0.2, 0.25) is 0 Å². The average molecular weight is 351 g/mol. The minimum absolute atomic E-state index is 0.174. The van der Waals surface area contributed by atoms with Crippen molar-refractivity contribution in [3.8, 4) is 0 Å². The molecule has 0 saturated carbocycles. The van der Waals surface area contributed by atoms with E-state index in [9.17, 15) is 4.79 Å². The fraction of sp³-hybridized carbons (Fsp3) is 0.409. The summed E-state index contributed by atoms with van der Waals surface area (Å²) in [6.07, 6.45) is 5.33. The molecule has 1 aliphatic heterocycles. The van der Waals surface area contributed by atoms with E-state index < -0.39 is 0 Å².